The van der Waals surface area contributed by atoms with E-state index >= 15 is 0 Å². The van der Waals surface area contributed by atoms with E-state index in [9.17, 15) is 4.79 Å². The number of hydrogen-bond donors (Lipinski definition) is 0. The van der Waals surface area contributed by atoms with Crippen molar-refractivity contribution in [2.75, 3.05) is 6.61 Å². The van der Waals surface area contributed by atoms with Gasteiger partial charge in [-0.2, -0.15) is 0 Å². The van der Waals surface area contributed by atoms with Gasteiger partial charge in [-0.1, -0.05) is 58.0 Å². The number of ether oxygens (including phenoxy) is 3. The molecule has 1 aromatic rings. The van der Waals surface area contributed by atoms with Crippen LogP contribution in [0.15, 0.2) is 30.3 Å². The predicted molar refractivity (Wildman–Crippen MR) is 106 cm³/mol. The van der Waals surface area contributed by atoms with Gasteiger partial charge in [0, 0.05) is 11.5 Å². The summed E-state index contributed by atoms with van der Waals surface area (Å²) in [6.45, 7) is 8.98. The standard InChI is InChI=1S/C21H32O5Si/c1-5-27(6-2,7-3)26-20-18(15(4)13-22)24-17-14-23-21(25-19(17)20)16-11-9-8-10-12-16/h8-13,15,17-21H,5-7,14H2,1-4H3/t15-,17+,18-,19-,20+,21-/m1/s1. The van der Waals surface area contributed by atoms with Gasteiger partial charge in [0.05, 0.1) is 12.7 Å². The van der Waals surface area contributed by atoms with E-state index in [1.165, 1.54) is 0 Å². The number of carbonyl (C=O) groups excluding carboxylic acids is 1. The lowest BCUT2D eigenvalue weighted by molar-refractivity contribution is -0.251. The van der Waals surface area contributed by atoms with Crippen LogP contribution in [0.1, 0.15) is 39.5 Å². The van der Waals surface area contributed by atoms with Crippen LogP contribution in [-0.2, 0) is 23.4 Å². The highest BCUT2D eigenvalue weighted by Crippen LogP contribution is 2.40. The lowest BCUT2D eigenvalue weighted by Crippen LogP contribution is -2.51. The molecule has 0 bridgehead atoms. The molecule has 0 spiro atoms. The van der Waals surface area contributed by atoms with E-state index in [1.54, 1.807) is 0 Å². The quantitative estimate of drug-likeness (QED) is 0.493. The normalized spacial score (nSPS) is 32.1. The summed E-state index contributed by atoms with van der Waals surface area (Å²) in [5.74, 6) is -0.239. The molecule has 0 aromatic heterocycles. The molecule has 6 heteroatoms. The Hall–Kier alpha value is -1.05. The highest BCUT2D eigenvalue weighted by atomic mass is 28.4. The van der Waals surface area contributed by atoms with Gasteiger partial charge in [-0.3, -0.25) is 0 Å². The van der Waals surface area contributed by atoms with Crippen LogP contribution < -0.4 is 0 Å². The summed E-state index contributed by atoms with van der Waals surface area (Å²) in [6.07, 6.45) is -0.383. The van der Waals surface area contributed by atoms with Crippen LogP contribution in [0.3, 0.4) is 0 Å². The number of rotatable bonds is 8. The number of hydrogen-bond acceptors (Lipinski definition) is 5. The van der Waals surface area contributed by atoms with Crippen molar-refractivity contribution < 1.29 is 23.4 Å². The summed E-state index contributed by atoms with van der Waals surface area (Å²) < 4.78 is 25.3. The Morgan fingerprint density at radius 1 is 1.15 bits per heavy atom. The molecule has 0 radical (unpaired) electrons. The van der Waals surface area contributed by atoms with Crippen molar-refractivity contribution in [2.24, 2.45) is 5.92 Å². The highest BCUT2D eigenvalue weighted by molar-refractivity contribution is 6.73. The van der Waals surface area contributed by atoms with Crippen molar-refractivity contribution in [1.82, 2.24) is 0 Å². The van der Waals surface area contributed by atoms with Crippen molar-refractivity contribution in [3.8, 4) is 0 Å². The van der Waals surface area contributed by atoms with Crippen LogP contribution >= 0.6 is 0 Å². The second-order valence-corrected chi connectivity index (χ2v) is 12.4. The Morgan fingerprint density at radius 2 is 1.81 bits per heavy atom. The van der Waals surface area contributed by atoms with Crippen molar-refractivity contribution in [2.45, 2.75) is 76.5 Å². The summed E-state index contributed by atoms with van der Waals surface area (Å²) in [4.78, 5) is 11.5. The van der Waals surface area contributed by atoms with Gasteiger partial charge < -0.3 is 23.4 Å². The Morgan fingerprint density at radius 3 is 2.41 bits per heavy atom. The fourth-order valence-electron chi connectivity index (χ4n) is 4.13. The summed E-state index contributed by atoms with van der Waals surface area (Å²) in [5.41, 5.74) is 0.992. The molecule has 27 heavy (non-hydrogen) atoms. The summed E-state index contributed by atoms with van der Waals surface area (Å²) in [7, 11) is -1.88. The van der Waals surface area contributed by atoms with Crippen molar-refractivity contribution in [3.63, 3.8) is 0 Å². The van der Waals surface area contributed by atoms with Crippen LogP contribution in [0.2, 0.25) is 18.1 Å². The zero-order chi connectivity index (χ0) is 19.4. The lowest BCUT2D eigenvalue weighted by atomic mass is 9.98. The molecule has 0 N–H and O–H groups in total. The molecule has 2 aliphatic rings. The first-order chi connectivity index (χ1) is 13.1. The van der Waals surface area contributed by atoms with E-state index < -0.39 is 14.6 Å². The Balaban J connectivity index is 1.85. The fraction of sp³-hybridized carbons (Fsp3) is 0.667. The van der Waals surface area contributed by atoms with Gasteiger partial charge in [-0.25, -0.2) is 0 Å². The molecular weight excluding hydrogens is 360 g/mol. The molecule has 150 valence electrons. The topological polar surface area (TPSA) is 54.0 Å². The van der Waals surface area contributed by atoms with E-state index in [0.29, 0.717) is 6.61 Å². The Bertz CT molecular complexity index is 598. The van der Waals surface area contributed by atoms with Gasteiger partial charge in [0.25, 0.3) is 0 Å². The predicted octanol–water partition coefficient (Wildman–Crippen LogP) is 4.09. The molecule has 0 saturated carbocycles. The molecule has 0 aliphatic carbocycles. The summed E-state index contributed by atoms with van der Waals surface area (Å²) in [5, 5.41) is 0. The third kappa shape index (κ3) is 4.20. The first-order valence-electron chi connectivity index (χ1n) is 10.2. The summed E-state index contributed by atoms with van der Waals surface area (Å²) >= 11 is 0. The van der Waals surface area contributed by atoms with Crippen molar-refractivity contribution in [1.29, 1.82) is 0 Å². The number of aldehydes is 1. The van der Waals surface area contributed by atoms with E-state index in [4.69, 9.17) is 18.6 Å². The maximum atomic E-state index is 11.5. The molecule has 1 aromatic carbocycles. The average Bonchev–Trinajstić information content (AvgIpc) is 3.09. The first kappa shape index (κ1) is 20.7. The van der Waals surface area contributed by atoms with E-state index in [-0.39, 0.29) is 30.3 Å². The zero-order valence-corrected chi connectivity index (χ0v) is 17.8. The van der Waals surface area contributed by atoms with Crippen LogP contribution in [0.4, 0.5) is 0 Å². The molecule has 3 rings (SSSR count). The first-order valence-corrected chi connectivity index (χ1v) is 12.7. The van der Waals surface area contributed by atoms with Gasteiger partial charge in [0.2, 0.25) is 0 Å². The lowest BCUT2D eigenvalue weighted by Gasteiger charge is -2.38. The van der Waals surface area contributed by atoms with Crippen LogP contribution in [-0.4, -0.2) is 45.6 Å². The van der Waals surface area contributed by atoms with E-state index in [1.807, 2.05) is 37.3 Å². The third-order valence-corrected chi connectivity index (χ3v) is 10.8. The highest BCUT2D eigenvalue weighted by Gasteiger charge is 2.53. The smallest absolute Gasteiger partial charge is 0.192 e. The fourth-order valence-corrected chi connectivity index (χ4v) is 6.97. The van der Waals surface area contributed by atoms with Crippen LogP contribution in [0.25, 0.3) is 0 Å². The minimum Gasteiger partial charge on any atom is -0.408 e. The molecule has 2 aliphatic heterocycles. The molecule has 6 atom stereocenters. The molecule has 5 nitrogen and oxygen atoms in total. The van der Waals surface area contributed by atoms with Gasteiger partial charge in [0.1, 0.15) is 24.6 Å². The van der Waals surface area contributed by atoms with Crippen LogP contribution in [0, 0.1) is 5.92 Å². The molecule has 2 heterocycles. The van der Waals surface area contributed by atoms with Gasteiger partial charge in [0.15, 0.2) is 14.6 Å². The third-order valence-electron chi connectivity index (χ3n) is 6.16. The van der Waals surface area contributed by atoms with Gasteiger partial charge in [-0.15, -0.1) is 0 Å². The maximum absolute atomic E-state index is 11.5. The zero-order valence-electron chi connectivity index (χ0n) is 16.8. The molecule has 0 unspecified atom stereocenters. The molecule has 2 fully saturated rings. The van der Waals surface area contributed by atoms with Gasteiger partial charge in [-0.05, 0) is 18.1 Å². The number of carbonyl (C=O) groups is 1. The minimum absolute atomic E-state index is 0.195. The molecule has 0 amide bonds. The second kappa shape index (κ2) is 8.96. The monoisotopic (exact) mass is 392 g/mol. The van der Waals surface area contributed by atoms with Crippen LogP contribution in [0.5, 0.6) is 0 Å². The molecular formula is C21H32O5Si. The average molecular weight is 393 g/mol. The SMILES string of the molecule is CC[Si](CC)(CC)O[C@H]1[C@@H]([C@H](C)C=O)O[C@H]2CO[C@@H](c3ccccc3)O[C@@H]12. The number of fused-ring (bicyclic) bond motifs is 1. The van der Waals surface area contributed by atoms with Crippen molar-refractivity contribution in [3.05, 3.63) is 35.9 Å². The van der Waals surface area contributed by atoms with E-state index in [0.717, 1.165) is 30.0 Å². The molecule has 2 saturated heterocycles. The Labute approximate surface area is 163 Å². The van der Waals surface area contributed by atoms with E-state index in [2.05, 4.69) is 20.8 Å². The maximum Gasteiger partial charge on any atom is 0.192 e. The second-order valence-electron chi connectivity index (χ2n) is 7.64. The number of benzene rings is 1. The summed E-state index contributed by atoms with van der Waals surface area (Å²) in [6, 6.07) is 13.1. The van der Waals surface area contributed by atoms with Gasteiger partial charge >= 0.3 is 0 Å². The minimum atomic E-state index is -1.88. The van der Waals surface area contributed by atoms with Crippen molar-refractivity contribution >= 4 is 14.6 Å². The largest absolute Gasteiger partial charge is 0.408 e. The Kier molecular flexibility index (Phi) is 6.86.